The topological polar surface area (TPSA) is 60.2 Å². The molecule has 0 saturated heterocycles. The van der Waals surface area contributed by atoms with Crippen LogP contribution in [0, 0.1) is 5.41 Å². The fourth-order valence-corrected chi connectivity index (χ4v) is 3.21. The van der Waals surface area contributed by atoms with Gasteiger partial charge in [0, 0.05) is 11.8 Å². The quantitative estimate of drug-likeness (QED) is 0.769. The Morgan fingerprint density at radius 1 is 1.50 bits per heavy atom. The monoisotopic (exact) mass is 245 g/mol. The Balaban J connectivity index is 2.62. The van der Waals surface area contributed by atoms with E-state index in [9.17, 15) is 8.42 Å². The largest absolute Gasteiger partial charge is 0.324 e. The van der Waals surface area contributed by atoms with Crippen LogP contribution in [0.5, 0.6) is 0 Å². The number of hydrogen-bond donors (Lipinski definition) is 1. The second-order valence-electron chi connectivity index (χ2n) is 5.52. The first-order chi connectivity index (χ1) is 7.24. The Morgan fingerprint density at radius 2 is 2.12 bits per heavy atom. The fourth-order valence-electron chi connectivity index (χ4n) is 2.35. The molecule has 0 bridgehead atoms. The van der Waals surface area contributed by atoms with Crippen molar-refractivity contribution in [2.45, 2.75) is 46.1 Å². The smallest absolute Gasteiger partial charge is 0.150 e. The van der Waals surface area contributed by atoms with E-state index in [4.69, 9.17) is 5.73 Å². The summed E-state index contributed by atoms with van der Waals surface area (Å²) in [6, 6.07) is 0.0862. The molecule has 0 radical (unpaired) electrons. The number of sulfone groups is 1. The molecule has 0 aromatic carbocycles. The van der Waals surface area contributed by atoms with Crippen LogP contribution in [0.4, 0.5) is 0 Å². The van der Waals surface area contributed by atoms with Crippen LogP contribution < -0.4 is 5.73 Å². The molecule has 4 heteroatoms. The second kappa shape index (κ2) is 4.88. The average molecular weight is 245 g/mol. The lowest BCUT2D eigenvalue weighted by molar-refractivity contribution is 0.299. The van der Waals surface area contributed by atoms with Gasteiger partial charge in [0.2, 0.25) is 0 Å². The molecule has 0 saturated carbocycles. The van der Waals surface area contributed by atoms with Gasteiger partial charge in [-0.1, -0.05) is 32.4 Å². The molecule has 0 aliphatic heterocycles. The van der Waals surface area contributed by atoms with Gasteiger partial charge in [-0.15, -0.1) is 0 Å². The van der Waals surface area contributed by atoms with E-state index in [0.717, 1.165) is 12.8 Å². The number of nitrogens with two attached hydrogens (primary N) is 1. The van der Waals surface area contributed by atoms with Crippen molar-refractivity contribution in [1.82, 2.24) is 0 Å². The first-order valence-electron chi connectivity index (χ1n) is 5.90. The molecule has 16 heavy (non-hydrogen) atoms. The highest BCUT2D eigenvalue weighted by molar-refractivity contribution is 7.91. The molecule has 94 valence electrons. The highest BCUT2D eigenvalue weighted by Gasteiger charge is 2.27. The second-order valence-corrected chi connectivity index (χ2v) is 7.99. The summed E-state index contributed by atoms with van der Waals surface area (Å²) in [7, 11) is -2.86. The van der Waals surface area contributed by atoms with Crippen LogP contribution in [-0.2, 0) is 9.84 Å². The van der Waals surface area contributed by atoms with Crippen LogP contribution in [0.3, 0.4) is 0 Å². The normalized spacial score (nSPS) is 25.2. The third-order valence-corrected chi connectivity index (χ3v) is 4.82. The Morgan fingerprint density at radius 3 is 2.62 bits per heavy atom. The highest BCUT2D eigenvalue weighted by Crippen LogP contribution is 2.35. The Labute approximate surface area is 99.0 Å². The van der Waals surface area contributed by atoms with Gasteiger partial charge in [0.1, 0.15) is 9.84 Å². The van der Waals surface area contributed by atoms with E-state index in [2.05, 4.69) is 19.9 Å². The maximum atomic E-state index is 11.4. The lowest BCUT2D eigenvalue weighted by Crippen LogP contribution is -2.31. The van der Waals surface area contributed by atoms with Crippen molar-refractivity contribution in [3.63, 3.8) is 0 Å². The molecule has 1 aliphatic rings. The molecule has 0 heterocycles. The van der Waals surface area contributed by atoms with Gasteiger partial charge in [-0.3, -0.25) is 0 Å². The summed E-state index contributed by atoms with van der Waals surface area (Å²) in [5.74, 6) is 0.494. The summed E-state index contributed by atoms with van der Waals surface area (Å²) in [6.07, 6.45) is 4.65. The molecule has 1 rings (SSSR count). The van der Waals surface area contributed by atoms with E-state index in [0.29, 0.717) is 6.42 Å². The van der Waals surface area contributed by atoms with Crippen molar-refractivity contribution in [2.24, 2.45) is 11.1 Å². The molecule has 1 unspecified atom stereocenters. The van der Waals surface area contributed by atoms with Crippen molar-refractivity contribution < 1.29 is 8.42 Å². The van der Waals surface area contributed by atoms with E-state index >= 15 is 0 Å². The summed E-state index contributed by atoms with van der Waals surface area (Å²) in [5, 5.41) is 0. The molecule has 0 amide bonds. The van der Waals surface area contributed by atoms with Crippen LogP contribution >= 0.6 is 0 Å². The minimum Gasteiger partial charge on any atom is -0.324 e. The molecule has 0 fully saturated rings. The lowest BCUT2D eigenvalue weighted by atomic mass is 9.75. The van der Waals surface area contributed by atoms with Gasteiger partial charge in [-0.2, -0.15) is 0 Å². The van der Waals surface area contributed by atoms with E-state index < -0.39 is 9.84 Å². The number of hydrogen-bond acceptors (Lipinski definition) is 3. The maximum Gasteiger partial charge on any atom is 0.150 e. The minimum absolute atomic E-state index is 0.0862. The summed E-state index contributed by atoms with van der Waals surface area (Å²) >= 11 is 0. The highest BCUT2D eigenvalue weighted by atomic mass is 32.2. The Hall–Kier alpha value is -0.350. The van der Waals surface area contributed by atoms with Crippen molar-refractivity contribution in [3.05, 3.63) is 11.6 Å². The zero-order valence-corrected chi connectivity index (χ0v) is 11.3. The van der Waals surface area contributed by atoms with E-state index in [-0.39, 0.29) is 23.0 Å². The molecule has 0 aromatic rings. The number of allylic oxidation sites excluding steroid dienone is 1. The Bertz CT molecular complexity index is 368. The number of rotatable bonds is 4. The van der Waals surface area contributed by atoms with Gasteiger partial charge in [-0.05, 0) is 24.7 Å². The van der Waals surface area contributed by atoms with Gasteiger partial charge in [0.15, 0.2) is 0 Å². The van der Waals surface area contributed by atoms with Crippen LogP contribution in [0.2, 0.25) is 0 Å². The molecule has 0 spiro atoms. The minimum atomic E-state index is -2.86. The van der Waals surface area contributed by atoms with Crippen LogP contribution in [-0.4, -0.2) is 26.0 Å². The summed E-state index contributed by atoms with van der Waals surface area (Å²) in [4.78, 5) is 0. The van der Waals surface area contributed by atoms with E-state index in [1.807, 2.05) is 0 Å². The van der Waals surface area contributed by atoms with Gasteiger partial charge in [0.05, 0.1) is 5.75 Å². The molecular weight excluding hydrogens is 222 g/mol. The van der Waals surface area contributed by atoms with Crippen molar-refractivity contribution in [1.29, 1.82) is 0 Å². The first kappa shape index (κ1) is 13.7. The SMILES string of the molecule is CCS(=O)(=O)CCC1=CC(N)CC(C)(C)C1. The molecule has 1 atom stereocenters. The van der Waals surface area contributed by atoms with Crippen LogP contribution in [0.25, 0.3) is 0 Å². The van der Waals surface area contributed by atoms with Crippen molar-refractivity contribution in [3.8, 4) is 0 Å². The third-order valence-electron chi connectivity index (χ3n) is 3.12. The van der Waals surface area contributed by atoms with Crippen molar-refractivity contribution >= 4 is 9.84 Å². The zero-order valence-electron chi connectivity index (χ0n) is 10.5. The van der Waals surface area contributed by atoms with Crippen LogP contribution in [0.1, 0.15) is 40.0 Å². The third kappa shape index (κ3) is 4.26. The van der Waals surface area contributed by atoms with Gasteiger partial charge in [0.25, 0.3) is 0 Å². The predicted molar refractivity (Wildman–Crippen MR) is 68.0 cm³/mol. The van der Waals surface area contributed by atoms with Crippen LogP contribution in [0.15, 0.2) is 11.6 Å². The lowest BCUT2D eigenvalue weighted by Gasteiger charge is -2.33. The summed E-state index contributed by atoms with van der Waals surface area (Å²) < 4.78 is 22.9. The maximum absolute atomic E-state index is 11.4. The molecule has 1 aliphatic carbocycles. The Kier molecular flexibility index (Phi) is 4.18. The van der Waals surface area contributed by atoms with Gasteiger partial charge < -0.3 is 5.73 Å². The van der Waals surface area contributed by atoms with E-state index in [1.165, 1.54) is 5.57 Å². The predicted octanol–water partition coefficient (Wildman–Crippen LogP) is 1.88. The molecule has 2 N–H and O–H groups in total. The molecular formula is C12H23NO2S. The zero-order chi connectivity index (χ0) is 12.4. The first-order valence-corrected chi connectivity index (χ1v) is 7.72. The summed E-state index contributed by atoms with van der Waals surface area (Å²) in [5.41, 5.74) is 7.36. The summed E-state index contributed by atoms with van der Waals surface area (Å²) in [6.45, 7) is 6.07. The van der Waals surface area contributed by atoms with E-state index in [1.54, 1.807) is 6.92 Å². The van der Waals surface area contributed by atoms with Gasteiger partial charge >= 0.3 is 0 Å². The molecule has 0 aromatic heterocycles. The molecule has 3 nitrogen and oxygen atoms in total. The van der Waals surface area contributed by atoms with Crippen molar-refractivity contribution in [2.75, 3.05) is 11.5 Å². The standard InChI is InChI=1S/C12H23NO2S/c1-4-16(14,15)6-5-10-7-11(13)9-12(2,3)8-10/h7,11H,4-6,8-9,13H2,1-3H3. The average Bonchev–Trinajstić information content (AvgIpc) is 2.12. The fraction of sp³-hybridized carbons (Fsp3) is 0.833. The van der Waals surface area contributed by atoms with Gasteiger partial charge in [-0.25, -0.2) is 8.42 Å².